The summed E-state index contributed by atoms with van der Waals surface area (Å²) in [7, 11) is 0. The third-order valence-electron chi connectivity index (χ3n) is 3.98. The zero-order valence-corrected chi connectivity index (χ0v) is 11.2. The molecule has 1 aliphatic rings. The van der Waals surface area contributed by atoms with Crippen molar-refractivity contribution in [3.8, 4) is 0 Å². The summed E-state index contributed by atoms with van der Waals surface area (Å²) in [5, 5.41) is 1.24. The van der Waals surface area contributed by atoms with E-state index >= 15 is 0 Å². The topological polar surface area (TPSA) is 62.1 Å². The van der Waals surface area contributed by atoms with E-state index in [1.54, 1.807) is 4.90 Å². The van der Waals surface area contributed by atoms with Gasteiger partial charge in [-0.3, -0.25) is 4.90 Å². The number of hydrogen-bond donors (Lipinski definition) is 2. The highest BCUT2D eigenvalue weighted by molar-refractivity contribution is 5.95. The number of benzene rings is 1. The first-order valence-electron chi connectivity index (χ1n) is 6.91. The van der Waals surface area contributed by atoms with Gasteiger partial charge in [-0.05, 0) is 56.4 Å². The van der Waals surface area contributed by atoms with Gasteiger partial charge in [-0.1, -0.05) is 0 Å². The standard InChI is InChI=1S/C15H19N3O/c1-2-18(15(16)19)10-7-8-14-12(9-10)11-5-3-4-6-13(11)17-14/h7-9,17H,2-6H2,1H3,(H2,16,19). The number of amides is 2. The summed E-state index contributed by atoms with van der Waals surface area (Å²) >= 11 is 0. The molecule has 0 unspecified atom stereocenters. The average Bonchev–Trinajstić information content (AvgIpc) is 2.77. The zero-order valence-electron chi connectivity index (χ0n) is 11.2. The van der Waals surface area contributed by atoms with E-state index in [0.29, 0.717) is 6.54 Å². The number of aromatic amines is 1. The Hall–Kier alpha value is -1.97. The maximum atomic E-state index is 11.4. The van der Waals surface area contributed by atoms with Gasteiger partial charge in [0.2, 0.25) is 0 Å². The largest absolute Gasteiger partial charge is 0.358 e. The van der Waals surface area contributed by atoms with Crippen molar-refractivity contribution in [1.82, 2.24) is 4.98 Å². The van der Waals surface area contributed by atoms with Crippen molar-refractivity contribution in [3.05, 3.63) is 29.5 Å². The summed E-state index contributed by atoms with van der Waals surface area (Å²) in [6, 6.07) is 5.70. The number of rotatable bonds is 2. The van der Waals surface area contributed by atoms with Gasteiger partial charge in [0, 0.05) is 28.8 Å². The number of aryl methyl sites for hydroxylation is 2. The van der Waals surface area contributed by atoms with Gasteiger partial charge in [-0.2, -0.15) is 0 Å². The highest BCUT2D eigenvalue weighted by Gasteiger charge is 2.17. The molecule has 0 fully saturated rings. The number of primary amides is 1. The number of urea groups is 1. The molecule has 100 valence electrons. The van der Waals surface area contributed by atoms with Crippen molar-refractivity contribution in [2.24, 2.45) is 5.73 Å². The predicted molar refractivity (Wildman–Crippen MR) is 77.5 cm³/mol. The molecular weight excluding hydrogens is 238 g/mol. The fraction of sp³-hybridized carbons (Fsp3) is 0.400. The van der Waals surface area contributed by atoms with Gasteiger partial charge in [0.05, 0.1) is 0 Å². The number of carbonyl (C=O) groups excluding carboxylic acids is 1. The highest BCUT2D eigenvalue weighted by Crippen LogP contribution is 2.31. The number of aromatic nitrogens is 1. The molecule has 3 rings (SSSR count). The third-order valence-corrected chi connectivity index (χ3v) is 3.98. The lowest BCUT2D eigenvalue weighted by Crippen LogP contribution is -2.35. The van der Waals surface area contributed by atoms with Crippen LogP contribution in [0, 0.1) is 0 Å². The van der Waals surface area contributed by atoms with Crippen LogP contribution < -0.4 is 10.6 Å². The van der Waals surface area contributed by atoms with Crippen LogP contribution in [0.2, 0.25) is 0 Å². The van der Waals surface area contributed by atoms with Gasteiger partial charge in [0.1, 0.15) is 0 Å². The van der Waals surface area contributed by atoms with Gasteiger partial charge in [0.15, 0.2) is 0 Å². The van der Waals surface area contributed by atoms with Gasteiger partial charge in [-0.15, -0.1) is 0 Å². The number of nitrogens with two attached hydrogens (primary N) is 1. The molecule has 2 amide bonds. The Morgan fingerprint density at radius 3 is 2.89 bits per heavy atom. The maximum absolute atomic E-state index is 11.4. The summed E-state index contributed by atoms with van der Waals surface area (Å²) < 4.78 is 0. The molecule has 2 aromatic rings. The predicted octanol–water partition coefficient (Wildman–Crippen LogP) is 2.95. The van der Waals surface area contributed by atoms with Crippen LogP contribution in [0.4, 0.5) is 10.5 Å². The Bertz CT molecular complexity index is 630. The lowest BCUT2D eigenvalue weighted by molar-refractivity contribution is 0.254. The van der Waals surface area contributed by atoms with Crippen LogP contribution in [-0.2, 0) is 12.8 Å². The second kappa shape index (κ2) is 4.61. The highest BCUT2D eigenvalue weighted by atomic mass is 16.2. The second-order valence-electron chi connectivity index (χ2n) is 5.10. The van der Waals surface area contributed by atoms with E-state index in [1.807, 2.05) is 13.0 Å². The molecule has 19 heavy (non-hydrogen) atoms. The van der Waals surface area contributed by atoms with Gasteiger partial charge >= 0.3 is 6.03 Å². The molecule has 1 aromatic heterocycles. The third kappa shape index (κ3) is 1.97. The average molecular weight is 257 g/mol. The van der Waals surface area contributed by atoms with E-state index in [0.717, 1.165) is 24.0 Å². The van der Waals surface area contributed by atoms with E-state index in [9.17, 15) is 4.79 Å². The number of nitrogens with zero attached hydrogens (tertiary/aromatic N) is 1. The van der Waals surface area contributed by atoms with E-state index in [-0.39, 0.29) is 0 Å². The molecule has 0 saturated heterocycles. The number of hydrogen-bond acceptors (Lipinski definition) is 1. The summed E-state index contributed by atoms with van der Waals surface area (Å²) in [5.74, 6) is 0. The minimum Gasteiger partial charge on any atom is -0.358 e. The summed E-state index contributed by atoms with van der Waals surface area (Å²) in [6.07, 6.45) is 4.76. The SMILES string of the molecule is CCN(C(N)=O)c1ccc2[nH]c3c(c2c1)CCCC3. The molecule has 0 atom stereocenters. The number of fused-ring (bicyclic) bond motifs is 3. The van der Waals surface area contributed by atoms with Crippen LogP contribution >= 0.6 is 0 Å². The first-order chi connectivity index (χ1) is 9.20. The fourth-order valence-electron chi connectivity index (χ4n) is 3.03. The van der Waals surface area contributed by atoms with Gasteiger partial charge < -0.3 is 10.7 Å². The molecule has 4 nitrogen and oxygen atoms in total. The lowest BCUT2D eigenvalue weighted by Gasteiger charge is -2.18. The molecule has 0 radical (unpaired) electrons. The molecular formula is C15H19N3O. The second-order valence-corrected chi connectivity index (χ2v) is 5.10. The van der Waals surface area contributed by atoms with Gasteiger partial charge in [-0.25, -0.2) is 4.79 Å². The Labute approximate surface area is 112 Å². The smallest absolute Gasteiger partial charge is 0.319 e. The molecule has 0 saturated carbocycles. The van der Waals surface area contributed by atoms with Crippen LogP contribution in [0.15, 0.2) is 18.2 Å². The molecule has 1 aliphatic carbocycles. The zero-order chi connectivity index (χ0) is 13.4. The Balaban J connectivity index is 2.11. The van der Waals surface area contributed by atoms with Crippen molar-refractivity contribution in [2.45, 2.75) is 32.6 Å². The van der Waals surface area contributed by atoms with Crippen LogP contribution in [0.1, 0.15) is 31.0 Å². The quantitative estimate of drug-likeness (QED) is 0.853. The molecule has 1 aromatic carbocycles. The number of nitrogens with one attached hydrogen (secondary N) is 1. The van der Waals surface area contributed by atoms with Crippen molar-refractivity contribution >= 4 is 22.6 Å². The minimum atomic E-state index is -0.397. The molecule has 4 heteroatoms. The van der Waals surface area contributed by atoms with Crippen LogP contribution in [0.3, 0.4) is 0 Å². The van der Waals surface area contributed by atoms with E-state index < -0.39 is 6.03 Å². The summed E-state index contributed by atoms with van der Waals surface area (Å²) in [6.45, 7) is 2.52. The number of anilines is 1. The number of H-pyrrole nitrogens is 1. The Morgan fingerprint density at radius 2 is 2.16 bits per heavy atom. The van der Waals surface area contributed by atoms with E-state index in [4.69, 9.17) is 5.73 Å². The first kappa shape index (κ1) is 12.1. The fourth-order valence-corrected chi connectivity index (χ4v) is 3.03. The first-order valence-corrected chi connectivity index (χ1v) is 6.91. The molecule has 0 aliphatic heterocycles. The lowest BCUT2D eigenvalue weighted by atomic mass is 9.95. The van der Waals surface area contributed by atoms with E-state index in [1.165, 1.54) is 29.5 Å². The van der Waals surface area contributed by atoms with Crippen molar-refractivity contribution in [3.63, 3.8) is 0 Å². The summed E-state index contributed by atoms with van der Waals surface area (Å²) in [5.41, 5.74) is 10.2. The molecule has 3 N–H and O–H groups in total. The Morgan fingerprint density at radius 1 is 1.37 bits per heavy atom. The molecule has 1 heterocycles. The van der Waals surface area contributed by atoms with Crippen LogP contribution in [0.25, 0.3) is 10.9 Å². The Kier molecular flexibility index (Phi) is 2.93. The minimum absolute atomic E-state index is 0.397. The molecule has 0 bridgehead atoms. The van der Waals surface area contributed by atoms with Crippen molar-refractivity contribution in [1.29, 1.82) is 0 Å². The molecule has 0 spiro atoms. The van der Waals surface area contributed by atoms with Crippen molar-refractivity contribution < 1.29 is 4.79 Å². The maximum Gasteiger partial charge on any atom is 0.319 e. The van der Waals surface area contributed by atoms with Crippen LogP contribution in [0.5, 0.6) is 0 Å². The van der Waals surface area contributed by atoms with Crippen LogP contribution in [-0.4, -0.2) is 17.6 Å². The normalized spacial score (nSPS) is 14.4. The monoisotopic (exact) mass is 257 g/mol. The van der Waals surface area contributed by atoms with E-state index in [2.05, 4.69) is 17.1 Å². The van der Waals surface area contributed by atoms with Gasteiger partial charge in [0.25, 0.3) is 0 Å². The van der Waals surface area contributed by atoms with Crippen molar-refractivity contribution in [2.75, 3.05) is 11.4 Å². The summed E-state index contributed by atoms with van der Waals surface area (Å²) in [4.78, 5) is 16.5. The number of carbonyl (C=O) groups is 1.